The number of pyridine rings is 1. The van der Waals surface area contributed by atoms with E-state index in [2.05, 4.69) is 4.98 Å². The smallest absolute Gasteiger partial charge is 0.267 e. The average molecular weight is 412 g/mol. The molecule has 1 aromatic heterocycles. The van der Waals surface area contributed by atoms with Gasteiger partial charge in [-0.25, -0.2) is 21.6 Å². The van der Waals surface area contributed by atoms with E-state index in [-0.39, 0.29) is 28.5 Å². The normalized spacial score (nSPS) is 15.9. The van der Waals surface area contributed by atoms with E-state index in [4.69, 9.17) is 5.73 Å². The van der Waals surface area contributed by atoms with Gasteiger partial charge in [-0.3, -0.25) is 9.78 Å². The van der Waals surface area contributed by atoms with Crippen LogP contribution < -0.4 is 5.73 Å². The van der Waals surface area contributed by atoms with Crippen molar-refractivity contribution in [3.63, 3.8) is 0 Å². The number of aryl methyl sites for hydroxylation is 1. The van der Waals surface area contributed by atoms with Gasteiger partial charge >= 0.3 is 0 Å². The van der Waals surface area contributed by atoms with Crippen LogP contribution in [-0.2, 0) is 9.84 Å². The number of nitrogens with two attached hydrogens (primary N) is 1. The first kappa shape index (κ1) is 20.3. The van der Waals surface area contributed by atoms with Crippen molar-refractivity contribution >= 4 is 15.7 Å². The zero-order chi connectivity index (χ0) is 20.6. The molecule has 1 aliphatic rings. The SMILES string of the molecule is Cc1cc(C(N)=O)ncc1C(c1c(F)ccc(F)c1F)S(=O)(=O)CC1CCC1. The molecule has 1 aliphatic carbocycles. The van der Waals surface area contributed by atoms with Crippen LogP contribution in [0.3, 0.4) is 0 Å². The van der Waals surface area contributed by atoms with Crippen LogP contribution in [0.1, 0.15) is 51.7 Å². The molecule has 0 spiro atoms. The number of primary amides is 1. The van der Waals surface area contributed by atoms with E-state index in [0.717, 1.165) is 12.6 Å². The van der Waals surface area contributed by atoms with Gasteiger partial charge in [-0.05, 0) is 55.0 Å². The van der Waals surface area contributed by atoms with Crippen molar-refractivity contribution in [2.75, 3.05) is 5.75 Å². The summed E-state index contributed by atoms with van der Waals surface area (Å²) >= 11 is 0. The summed E-state index contributed by atoms with van der Waals surface area (Å²) in [5, 5.41) is -1.78. The number of benzene rings is 1. The van der Waals surface area contributed by atoms with Gasteiger partial charge in [-0.15, -0.1) is 0 Å². The number of nitrogens with zero attached hydrogens (tertiary/aromatic N) is 1. The van der Waals surface area contributed by atoms with Gasteiger partial charge in [0.25, 0.3) is 5.91 Å². The molecule has 28 heavy (non-hydrogen) atoms. The van der Waals surface area contributed by atoms with E-state index < -0.39 is 44.0 Å². The molecule has 5 nitrogen and oxygen atoms in total. The van der Waals surface area contributed by atoms with Gasteiger partial charge in [0, 0.05) is 11.8 Å². The van der Waals surface area contributed by atoms with E-state index in [1.54, 1.807) is 0 Å². The number of carbonyl (C=O) groups excluding carboxylic acids is 1. The Morgan fingerprint density at radius 3 is 2.43 bits per heavy atom. The largest absolute Gasteiger partial charge is 0.364 e. The second-order valence-corrected chi connectivity index (χ2v) is 9.18. The zero-order valence-electron chi connectivity index (χ0n) is 15.1. The first-order valence-electron chi connectivity index (χ1n) is 8.73. The van der Waals surface area contributed by atoms with E-state index in [9.17, 15) is 26.4 Å². The summed E-state index contributed by atoms with van der Waals surface area (Å²) in [6, 6.07) is 2.55. The van der Waals surface area contributed by atoms with Crippen LogP contribution in [0.5, 0.6) is 0 Å². The van der Waals surface area contributed by atoms with Crippen LogP contribution in [0.25, 0.3) is 0 Å². The number of hydrogen-bond donors (Lipinski definition) is 1. The molecule has 1 saturated carbocycles. The minimum atomic E-state index is -4.11. The molecule has 3 rings (SSSR count). The predicted octanol–water partition coefficient (Wildman–Crippen LogP) is 3.21. The van der Waals surface area contributed by atoms with Gasteiger partial charge in [0.2, 0.25) is 0 Å². The topological polar surface area (TPSA) is 90.1 Å². The minimum Gasteiger partial charge on any atom is -0.364 e. The summed E-state index contributed by atoms with van der Waals surface area (Å²) in [7, 11) is -4.11. The third-order valence-corrected chi connectivity index (χ3v) is 7.22. The number of rotatable bonds is 6. The van der Waals surface area contributed by atoms with Crippen molar-refractivity contribution in [3.8, 4) is 0 Å². The Bertz CT molecular complexity index is 1040. The third-order valence-electron chi connectivity index (χ3n) is 5.08. The van der Waals surface area contributed by atoms with Gasteiger partial charge in [-0.1, -0.05) is 6.42 Å². The highest BCUT2D eigenvalue weighted by Crippen LogP contribution is 2.39. The lowest BCUT2D eigenvalue weighted by atomic mass is 9.87. The molecular formula is C19H19F3N2O3S. The summed E-state index contributed by atoms with van der Waals surface area (Å²) in [6.07, 6.45) is 3.36. The van der Waals surface area contributed by atoms with E-state index in [1.165, 1.54) is 13.0 Å². The van der Waals surface area contributed by atoms with E-state index in [1.807, 2.05) is 0 Å². The molecule has 1 amide bonds. The first-order chi connectivity index (χ1) is 13.1. The van der Waals surface area contributed by atoms with Crippen LogP contribution in [-0.4, -0.2) is 25.1 Å². The molecule has 1 fully saturated rings. The van der Waals surface area contributed by atoms with Crippen molar-refractivity contribution in [2.45, 2.75) is 31.4 Å². The molecule has 9 heteroatoms. The lowest BCUT2D eigenvalue weighted by Gasteiger charge is -2.28. The molecule has 1 unspecified atom stereocenters. The Hall–Kier alpha value is -2.42. The Kier molecular flexibility index (Phi) is 5.47. The third kappa shape index (κ3) is 3.76. The van der Waals surface area contributed by atoms with Gasteiger partial charge in [0.05, 0.1) is 5.75 Å². The number of amides is 1. The van der Waals surface area contributed by atoms with Crippen molar-refractivity contribution in [2.24, 2.45) is 11.7 Å². The standard InChI is InChI=1S/C19H19F3N2O3S/c1-10-7-15(19(23)25)24-8-12(10)18(28(26,27)9-11-3-2-4-11)16-13(20)5-6-14(21)17(16)22/h5-8,11,18H,2-4,9H2,1H3,(H2,23,25). The second kappa shape index (κ2) is 7.54. The Morgan fingerprint density at radius 2 is 1.89 bits per heavy atom. The fourth-order valence-corrected chi connectivity index (χ4v) is 5.76. The first-order valence-corrected chi connectivity index (χ1v) is 10.4. The summed E-state index contributed by atoms with van der Waals surface area (Å²) in [6.45, 7) is 1.48. The van der Waals surface area contributed by atoms with Crippen LogP contribution >= 0.6 is 0 Å². The van der Waals surface area contributed by atoms with Crippen LogP contribution in [0, 0.1) is 30.3 Å². The lowest BCUT2D eigenvalue weighted by molar-refractivity contribution is 0.0995. The van der Waals surface area contributed by atoms with Gasteiger partial charge in [0.1, 0.15) is 16.8 Å². The van der Waals surface area contributed by atoms with Crippen LogP contribution in [0.2, 0.25) is 0 Å². The molecular weight excluding hydrogens is 393 g/mol. The molecule has 1 atom stereocenters. The summed E-state index contributed by atoms with van der Waals surface area (Å²) in [4.78, 5) is 15.1. The summed E-state index contributed by atoms with van der Waals surface area (Å²) < 4.78 is 69.1. The highest BCUT2D eigenvalue weighted by atomic mass is 32.2. The predicted molar refractivity (Wildman–Crippen MR) is 96.8 cm³/mol. The van der Waals surface area contributed by atoms with Gasteiger partial charge in [0.15, 0.2) is 21.5 Å². The zero-order valence-corrected chi connectivity index (χ0v) is 15.9. The number of aromatic nitrogens is 1. The van der Waals surface area contributed by atoms with Crippen molar-refractivity contribution in [3.05, 3.63) is 64.2 Å². The number of hydrogen-bond acceptors (Lipinski definition) is 4. The average Bonchev–Trinajstić information content (AvgIpc) is 2.59. The number of sulfone groups is 1. The summed E-state index contributed by atoms with van der Waals surface area (Å²) in [5.74, 6) is -5.28. The van der Waals surface area contributed by atoms with Gasteiger partial charge in [-0.2, -0.15) is 0 Å². The van der Waals surface area contributed by atoms with Crippen molar-refractivity contribution in [1.82, 2.24) is 4.98 Å². The number of carbonyl (C=O) groups is 1. The quantitative estimate of drug-likeness (QED) is 0.738. The van der Waals surface area contributed by atoms with E-state index in [0.29, 0.717) is 25.0 Å². The maximum atomic E-state index is 14.5. The fourth-order valence-electron chi connectivity index (χ4n) is 3.37. The Labute approximate surface area is 160 Å². The van der Waals surface area contributed by atoms with Crippen LogP contribution in [0.4, 0.5) is 13.2 Å². The van der Waals surface area contributed by atoms with Crippen molar-refractivity contribution in [1.29, 1.82) is 0 Å². The molecule has 0 radical (unpaired) electrons. The second-order valence-electron chi connectivity index (χ2n) is 7.05. The molecule has 1 heterocycles. The summed E-state index contributed by atoms with van der Waals surface area (Å²) in [5.41, 5.74) is 4.42. The van der Waals surface area contributed by atoms with Gasteiger partial charge < -0.3 is 5.73 Å². The Morgan fingerprint density at radius 1 is 1.25 bits per heavy atom. The van der Waals surface area contributed by atoms with E-state index >= 15 is 0 Å². The van der Waals surface area contributed by atoms with Crippen LogP contribution in [0.15, 0.2) is 24.4 Å². The molecule has 0 bridgehead atoms. The molecule has 2 aromatic rings. The highest BCUT2D eigenvalue weighted by molar-refractivity contribution is 7.91. The lowest BCUT2D eigenvalue weighted by Crippen LogP contribution is -2.28. The Balaban J connectivity index is 2.21. The molecule has 2 N–H and O–H groups in total. The molecule has 150 valence electrons. The number of halogens is 3. The highest BCUT2D eigenvalue weighted by Gasteiger charge is 2.38. The minimum absolute atomic E-state index is 0.0206. The molecule has 1 aromatic carbocycles. The van der Waals surface area contributed by atoms with Crippen molar-refractivity contribution < 1.29 is 26.4 Å². The maximum Gasteiger partial charge on any atom is 0.267 e. The molecule has 0 saturated heterocycles. The monoisotopic (exact) mass is 412 g/mol. The fraction of sp³-hybridized carbons (Fsp3) is 0.368. The molecule has 0 aliphatic heterocycles. The maximum absolute atomic E-state index is 14.5.